The van der Waals surface area contributed by atoms with E-state index < -0.39 is 0 Å². The predicted molar refractivity (Wildman–Crippen MR) is 82.0 cm³/mol. The van der Waals surface area contributed by atoms with Crippen molar-refractivity contribution < 1.29 is 9.53 Å². The highest BCUT2D eigenvalue weighted by Crippen LogP contribution is 2.12. The molecule has 0 bridgehead atoms. The molecular formula is C17H33O2. The smallest absolute Gasteiger partial charge is 0.305 e. The highest BCUT2D eigenvalue weighted by Gasteiger charge is 2.01. The standard InChI is InChI=1S/C17H33O2/c1-3-5-6-7-8-9-10-11-12-13-14-15-17(18)19-16-4-2/h2-16H2,1H3. The monoisotopic (exact) mass is 269 g/mol. The van der Waals surface area contributed by atoms with Crippen molar-refractivity contribution in [3.8, 4) is 0 Å². The molecule has 0 aromatic heterocycles. The Hall–Kier alpha value is -0.530. The second-order valence-corrected chi connectivity index (χ2v) is 5.36. The summed E-state index contributed by atoms with van der Waals surface area (Å²) in [5, 5.41) is 0. The van der Waals surface area contributed by atoms with Gasteiger partial charge in [0.1, 0.15) is 0 Å². The van der Waals surface area contributed by atoms with Gasteiger partial charge in [0.15, 0.2) is 0 Å². The van der Waals surface area contributed by atoms with Gasteiger partial charge in [-0.15, -0.1) is 0 Å². The number of hydrogen-bond acceptors (Lipinski definition) is 2. The van der Waals surface area contributed by atoms with Gasteiger partial charge < -0.3 is 4.74 Å². The van der Waals surface area contributed by atoms with Crippen LogP contribution in [-0.4, -0.2) is 12.6 Å². The van der Waals surface area contributed by atoms with E-state index in [1.54, 1.807) is 0 Å². The Kier molecular flexibility index (Phi) is 15.1. The van der Waals surface area contributed by atoms with Crippen molar-refractivity contribution in [1.29, 1.82) is 0 Å². The SMILES string of the molecule is [CH2]CCOC(=O)CCCCCCCCCCCCC. The van der Waals surface area contributed by atoms with Crippen LogP contribution in [0.2, 0.25) is 0 Å². The van der Waals surface area contributed by atoms with Gasteiger partial charge in [-0.3, -0.25) is 4.79 Å². The second kappa shape index (κ2) is 15.5. The first-order valence-corrected chi connectivity index (χ1v) is 8.26. The van der Waals surface area contributed by atoms with E-state index in [-0.39, 0.29) is 5.97 Å². The van der Waals surface area contributed by atoms with E-state index >= 15 is 0 Å². The topological polar surface area (TPSA) is 26.3 Å². The van der Waals surface area contributed by atoms with Crippen LogP contribution in [-0.2, 0) is 9.53 Å². The lowest BCUT2D eigenvalue weighted by Crippen LogP contribution is -2.04. The summed E-state index contributed by atoms with van der Waals surface area (Å²) in [7, 11) is 0. The van der Waals surface area contributed by atoms with Crippen LogP contribution in [0.4, 0.5) is 0 Å². The fourth-order valence-electron chi connectivity index (χ4n) is 2.19. The summed E-state index contributed by atoms with van der Waals surface area (Å²) in [4.78, 5) is 11.2. The lowest BCUT2D eigenvalue weighted by atomic mass is 10.1. The van der Waals surface area contributed by atoms with Crippen molar-refractivity contribution in [2.75, 3.05) is 6.61 Å². The summed E-state index contributed by atoms with van der Waals surface area (Å²) in [6.45, 7) is 6.37. The van der Waals surface area contributed by atoms with Crippen molar-refractivity contribution in [3.05, 3.63) is 6.92 Å². The van der Waals surface area contributed by atoms with Gasteiger partial charge in [-0.2, -0.15) is 0 Å². The number of rotatable bonds is 14. The van der Waals surface area contributed by atoms with E-state index in [0.717, 1.165) is 12.8 Å². The largest absolute Gasteiger partial charge is 0.466 e. The predicted octanol–water partition coefficient (Wildman–Crippen LogP) is 5.45. The van der Waals surface area contributed by atoms with Crippen molar-refractivity contribution in [2.45, 2.75) is 90.4 Å². The van der Waals surface area contributed by atoms with Crippen LogP contribution in [0.1, 0.15) is 90.4 Å². The molecule has 2 heteroatoms. The second-order valence-electron chi connectivity index (χ2n) is 5.36. The molecule has 0 aromatic rings. The summed E-state index contributed by atoms with van der Waals surface area (Å²) in [6, 6.07) is 0. The maximum Gasteiger partial charge on any atom is 0.305 e. The maximum atomic E-state index is 11.2. The minimum Gasteiger partial charge on any atom is -0.466 e. The number of carbonyl (C=O) groups is 1. The van der Waals surface area contributed by atoms with Crippen LogP contribution in [0.3, 0.4) is 0 Å². The lowest BCUT2D eigenvalue weighted by Gasteiger charge is -2.03. The van der Waals surface area contributed by atoms with Crippen molar-refractivity contribution in [3.63, 3.8) is 0 Å². The third kappa shape index (κ3) is 15.4. The average Bonchev–Trinajstić information content (AvgIpc) is 2.42. The molecule has 0 spiro atoms. The molecule has 0 fully saturated rings. The van der Waals surface area contributed by atoms with Gasteiger partial charge in [0, 0.05) is 6.42 Å². The molecule has 0 saturated carbocycles. The molecule has 0 amide bonds. The molecule has 113 valence electrons. The quantitative estimate of drug-likeness (QED) is 0.309. The normalized spacial score (nSPS) is 10.6. The number of ether oxygens (including phenoxy) is 1. The van der Waals surface area contributed by atoms with Gasteiger partial charge in [0.2, 0.25) is 0 Å². The average molecular weight is 269 g/mol. The van der Waals surface area contributed by atoms with Crippen LogP contribution >= 0.6 is 0 Å². The summed E-state index contributed by atoms with van der Waals surface area (Å²) in [6.07, 6.45) is 15.7. The summed E-state index contributed by atoms with van der Waals surface area (Å²) in [5.41, 5.74) is 0. The number of hydrogen-bond donors (Lipinski definition) is 0. The van der Waals surface area contributed by atoms with Gasteiger partial charge in [-0.05, 0) is 19.8 Å². The summed E-state index contributed by atoms with van der Waals surface area (Å²) >= 11 is 0. The summed E-state index contributed by atoms with van der Waals surface area (Å²) < 4.78 is 4.98. The number of esters is 1. The molecule has 0 aliphatic rings. The molecule has 0 aromatic carbocycles. The number of unbranched alkanes of at least 4 members (excludes halogenated alkanes) is 10. The molecule has 0 heterocycles. The van der Waals surface area contributed by atoms with Crippen molar-refractivity contribution in [2.24, 2.45) is 0 Å². The van der Waals surface area contributed by atoms with E-state index in [2.05, 4.69) is 13.8 Å². The Morgan fingerprint density at radius 1 is 0.842 bits per heavy atom. The van der Waals surface area contributed by atoms with Gasteiger partial charge in [-0.25, -0.2) is 0 Å². The fraction of sp³-hybridized carbons (Fsp3) is 0.882. The van der Waals surface area contributed by atoms with Crippen molar-refractivity contribution >= 4 is 5.97 Å². The van der Waals surface area contributed by atoms with Crippen molar-refractivity contribution in [1.82, 2.24) is 0 Å². The van der Waals surface area contributed by atoms with Crippen LogP contribution in [0, 0.1) is 6.92 Å². The molecule has 2 nitrogen and oxygen atoms in total. The summed E-state index contributed by atoms with van der Waals surface area (Å²) in [5.74, 6) is -0.0559. The van der Waals surface area contributed by atoms with E-state index in [4.69, 9.17) is 4.74 Å². The van der Waals surface area contributed by atoms with Crippen LogP contribution in [0.5, 0.6) is 0 Å². The minimum absolute atomic E-state index is 0.0559. The van der Waals surface area contributed by atoms with Crippen LogP contribution in [0.15, 0.2) is 0 Å². The zero-order valence-corrected chi connectivity index (χ0v) is 12.9. The minimum atomic E-state index is -0.0559. The first kappa shape index (κ1) is 18.5. The molecule has 0 unspecified atom stereocenters. The Bertz CT molecular complexity index is 190. The molecule has 0 saturated heterocycles. The maximum absolute atomic E-state index is 11.2. The van der Waals surface area contributed by atoms with E-state index in [0.29, 0.717) is 19.4 Å². The molecule has 0 atom stereocenters. The van der Waals surface area contributed by atoms with E-state index in [1.807, 2.05) is 0 Å². The Balaban J connectivity index is 3.04. The molecule has 0 N–H and O–H groups in total. The van der Waals surface area contributed by atoms with E-state index in [9.17, 15) is 4.79 Å². The Morgan fingerprint density at radius 2 is 1.32 bits per heavy atom. The third-order valence-electron chi connectivity index (χ3n) is 3.39. The van der Waals surface area contributed by atoms with Gasteiger partial charge in [-0.1, -0.05) is 71.1 Å². The first-order valence-electron chi connectivity index (χ1n) is 8.26. The Morgan fingerprint density at radius 3 is 1.79 bits per heavy atom. The zero-order valence-electron chi connectivity index (χ0n) is 12.9. The first-order chi connectivity index (χ1) is 9.31. The highest BCUT2D eigenvalue weighted by molar-refractivity contribution is 5.69. The van der Waals surface area contributed by atoms with Crippen LogP contribution < -0.4 is 0 Å². The molecule has 0 rings (SSSR count). The van der Waals surface area contributed by atoms with Crippen LogP contribution in [0.25, 0.3) is 0 Å². The molecule has 0 aliphatic heterocycles. The number of carbonyl (C=O) groups excluding carboxylic acids is 1. The lowest BCUT2D eigenvalue weighted by molar-refractivity contribution is -0.143. The Labute approximate surface area is 120 Å². The molecule has 19 heavy (non-hydrogen) atoms. The van der Waals surface area contributed by atoms with Gasteiger partial charge in [0.25, 0.3) is 0 Å². The van der Waals surface area contributed by atoms with E-state index in [1.165, 1.54) is 57.8 Å². The van der Waals surface area contributed by atoms with Gasteiger partial charge in [0.05, 0.1) is 6.61 Å². The third-order valence-corrected chi connectivity index (χ3v) is 3.39. The molecular weight excluding hydrogens is 236 g/mol. The molecule has 0 aliphatic carbocycles. The zero-order chi connectivity index (χ0) is 14.2. The highest BCUT2D eigenvalue weighted by atomic mass is 16.5. The molecule has 1 radical (unpaired) electrons. The van der Waals surface area contributed by atoms with Gasteiger partial charge >= 0.3 is 5.97 Å². The fourth-order valence-corrected chi connectivity index (χ4v) is 2.19.